The van der Waals surface area contributed by atoms with Gasteiger partial charge in [0.2, 0.25) is 0 Å². The molecule has 0 fully saturated rings. The van der Waals surface area contributed by atoms with Crippen molar-refractivity contribution in [2.24, 2.45) is 0 Å². The first kappa shape index (κ1) is 19.2. The van der Waals surface area contributed by atoms with Crippen molar-refractivity contribution in [1.82, 2.24) is 4.90 Å². The molecule has 0 radical (unpaired) electrons. The zero-order valence-corrected chi connectivity index (χ0v) is 15.3. The van der Waals surface area contributed by atoms with E-state index in [0.29, 0.717) is 24.4 Å². The molecule has 0 spiro atoms. The van der Waals surface area contributed by atoms with E-state index in [9.17, 15) is 9.59 Å². The van der Waals surface area contributed by atoms with Gasteiger partial charge in [0.25, 0.3) is 0 Å². The summed E-state index contributed by atoms with van der Waals surface area (Å²) in [7, 11) is 1.61. The summed E-state index contributed by atoms with van der Waals surface area (Å²) >= 11 is 0. The molecule has 0 N–H and O–H groups in total. The molecular formula is C21H23NO4. The number of methoxy groups -OCH3 is 1. The molecule has 2 aromatic rings. The molecule has 0 heterocycles. The van der Waals surface area contributed by atoms with E-state index in [0.717, 1.165) is 11.3 Å². The van der Waals surface area contributed by atoms with Gasteiger partial charge in [0.1, 0.15) is 11.5 Å². The van der Waals surface area contributed by atoms with Crippen molar-refractivity contribution >= 4 is 18.0 Å². The van der Waals surface area contributed by atoms with E-state index in [1.165, 1.54) is 6.08 Å². The molecule has 0 saturated carbocycles. The van der Waals surface area contributed by atoms with Crippen molar-refractivity contribution in [3.05, 3.63) is 65.7 Å². The number of ether oxygens (including phenoxy) is 2. The van der Waals surface area contributed by atoms with Gasteiger partial charge in [0, 0.05) is 18.7 Å². The predicted octanol–water partition coefficient (Wildman–Crippen LogP) is 4.43. The maximum Gasteiger partial charge on any atom is 0.415 e. The SMILES string of the molecule is CCN(CC)C(=O)Oc1cccc(C(=O)/C=C/c2ccc(OC)cc2)c1. The van der Waals surface area contributed by atoms with Crippen molar-refractivity contribution in [3.8, 4) is 11.5 Å². The Hall–Kier alpha value is -3.08. The molecule has 0 aliphatic heterocycles. The normalized spacial score (nSPS) is 10.6. The maximum absolute atomic E-state index is 12.4. The molecule has 5 nitrogen and oxygen atoms in total. The molecule has 2 aromatic carbocycles. The zero-order chi connectivity index (χ0) is 18.9. The van der Waals surface area contributed by atoms with Crippen molar-refractivity contribution in [1.29, 1.82) is 0 Å². The van der Waals surface area contributed by atoms with Gasteiger partial charge < -0.3 is 14.4 Å². The van der Waals surface area contributed by atoms with Gasteiger partial charge in [-0.15, -0.1) is 0 Å². The monoisotopic (exact) mass is 353 g/mol. The minimum absolute atomic E-state index is 0.165. The average molecular weight is 353 g/mol. The van der Waals surface area contributed by atoms with Crippen molar-refractivity contribution < 1.29 is 19.1 Å². The Labute approximate surface area is 153 Å². The van der Waals surface area contributed by atoms with Crippen LogP contribution in [0.2, 0.25) is 0 Å². The average Bonchev–Trinajstić information content (AvgIpc) is 2.67. The number of hydrogen-bond donors (Lipinski definition) is 0. The lowest BCUT2D eigenvalue weighted by molar-refractivity contribution is 0.104. The molecule has 0 aliphatic rings. The molecule has 1 amide bonds. The van der Waals surface area contributed by atoms with Crippen molar-refractivity contribution in [2.75, 3.05) is 20.2 Å². The van der Waals surface area contributed by atoms with Gasteiger partial charge in [-0.2, -0.15) is 0 Å². The quantitative estimate of drug-likeness (QED) is 0.546. The van der Waals surface area contributed by atoms with E-state index < -0.39 is 6.09 Å². The Bertz CT molecular complexity index is 777. The fourth-order valence-electron chi connectivity index (χ4n) is 2.34. The first-order valence-corrected chi connectivity index (χ1v) is 8.50. The van der Waals surface area contributed by atoms with Crippen LogP contribution in [0.4, 0.5) is 4.79 Å². The van der Waals surface area contributed by atoms with Crippen LogP contribution in [0, 0.1) is 0 Å². The number of hydrogen-bond acceptors (Lipinski definition) is 4. The summed E-state index contributed by atoms with van der Waals surface area (Å²) in [6.07, 6.45) is 2.80. The van der Waals surface area contributed by atoms with Crippen LogP contribution < -0.4 is 9.47 Å². The number of carbonyl (C=O) groups is 2. The molecule has 136 valence electrons. The molecule has 0 atom stereocenters. The molecule has 0 saturated heterocycles. The lowest BCUT2D eigenvalue weighted by Crippen LogP contribution is -2.33. The van der Waals surface area contributed by atoms with Gasteiger partial charge in [-0.05, 0) is 49.8 Å². The highest BCUT2D eigenvalue weighted by Crippen LogP contribution is 2.17. The number of nitrogens with zero attached hydrogens (tertiary/aromatic N) is 1. The first-order valence-electron chi connectivity index (χ1n) is 8.50. The molecule has 2 rings (SSSR count). The summed E-state index contributed by atoms with van der Waals surface area (Å²) in [4.78, 5) is 25.9. The fraction of sp³-hybridized carbons (Fsp3) is 0.238. The second kappa shape index (κ2) is 9.42. The molecular weight excluding hydrogens is 330 g/mol. The zero-order valence-electron chi connectivity index (χ0n) is 15.3. The number of ketones is 1. The molecule has 0 aromatic heterocycles. The van der Waals surface area contributed by atoms with Crippen molar-refractivity contribution in [3.63, 3.8) is 0 Å². The number of benzene rings is 2. The summed E-state index contributed by atoms with van der Waals surface area (Å²) in [5.41, 5.74) is 1.35. The van der Waals surface area contributed by atoms with Crippen LogP contribution in [0.3, 0.4) is 0 Å². The third-order valence-corrected chi connectivity index (χ3v) is 3.89. The lowest BCUT2D eigenvalue weighted by atomic mass is 10.1. The molecule has 0 aliphatic carbocycles. The smallest absolute Gasteiger partial charge is 0.415 e. The van der Waals surface area contributed by atoms with Gasteiger partial charge >= 0.3 is 6.09 Å². The molecule has 26 heavy (non-hydrogen) atoms. The maximum atomic E-state index is 12.4. The van der Waals surface area contributed by atoms with Gasteiger partial charge in [-0.3, -0.25) is 4.79 Å². The lowest BCUT2D eigenvalue weighted by Gasteiger charge is -2.17. The van der Waals surface area contributed by atoms with E-state index in [4.69, 9.17) is 9.47 Å². The van der Waals surface area contributed by atoms with Crippen LogP contribution in [0.25, 0.3) is 6.08 Å². The van der Waals surface area contributed by atoms with Gasteiger partial charge in [-0.1, -0.05) is 30.3 Å². The second-order valence-electron chi connectivity index (χ2n) is 5.54. The van der Waals surface area contributed by atoms with Crippen LogP contribution in [0.5, 0.6) is 11.5 Å². The third-order valence-electron chi connectivity index (χ3n) is 3.89. The highest BCUT2D eigenvalue weighted by Gasteiger charge is 2.12. The van der Waals surface area contributed by atoms with Crippen LogP contribution >= 0.6 is 0 Å². The van der Waals surface area contributed by atoms with E-state index in [1.54, 1.807) is 42.4 Å². The highest BCUT2D eigenvalue weighted by molar-refractivity contribution is 6.07. The number of allylic oxidation sites excluding steroid dienone is 1. The van der Waals surface area contributed by atoms with E-state index in [-0.39, 0.29) is 5.78 Å². The number of carbonyl (C=O) groups excluding carboxylic acids is 2. The third kappa shape index (κ3) is 5.21. The first-order chi connectivity index (χ1) is 12.6. The van der Waals surface area contributed by atoms with E-state index in [2.05, 4.69) is 0 Å². The highest BCUT2D eigenvalue weighted by atomic mass is 16.6. The summed E-state index contributed by atoms with van der Waals surface area (Å²) < 4.78 is 10.4. The topological polar surface area (TPSA) is 55.8 Å². The summed E-state index contributed by atoms with van der Waals surface area (Å²) in [5, 5.41) is 0. The Balaban J connectivity index is 2.07. The Morgan fingerprint density at radius 2 is 1.69 bits per heavy atom. The minimum Gasteiger partial charge on any atom is -0.497 e. The minimum atomic E-state index is -0.423. The van der Waals surface area contributed by atoms with Crippen LogP contribution in [0.15, 0.2) is 54.6 Å². The van der Waals surface area contributed by atoms with Crippen molar-refractivity contribution in [2.45, 2.75) is 13.8 Å². The Morgan fingerprint density at radius 3 is 2.31 bits per heavy atom. The van der Waals surface area contributed by atoms with Gasteiger partial charge in [0.15, 0.2) is 5.78 Å². The van der Waals surface area contributed by atoms with Crippen LogP contribution in [0.1, 0.15) is 29.8 Å². The second-order valence-corrected chi connectivity index (χ2v) is 5.54. The standard InChI is InChI=1S/C21H23NO4/c1-4-22(5-2)21(24)26-19-8-6-7-17(15-19)20(23)14-11-16-9-12-18(25-3)13-10-16/h6-15H,4-5H2,1-3H3/b14-11+. The van der Waals surface area contributed by atoms with Gasteiger partial charge in [0.05, 0.1) is 7.11 Å². The number of rotatable bonds is 7. The van der Waals surface area contributed by atoms with E-state index >= 15 is 0 Å². The van der Waals surface area contributed by atoms with Gasteiger partial charge in [-0.25, -0.2) is 4.79 Å². The van der Waals surface area contributed by atoms with Crippen LogP contribution in [-0.2, 0) is 0 Å². The number of amides is 1. The molecule has 0 bridgehead atoms. The summed E-state index contributed by atoms with van der Waals surface area (Å²) in [6.45, 7) is 4.90. The summed E-state index contributed by atoms with van der Waals surface area (Å²) in [5.74, 6) is 0.948. The molecule has 0 unspecified atom stereocenters. The predicted molar refractivity (Wildman–Crippen MR) is 102 cm³/mol. The van der Waals surface area contributed by atoms with E-state index in [1.807, 2.05) is 38.1 Å². The summed E-state index contributed by atoms with van der Waals surface area (Å²) in [6, 6.07) is 14.0. The molecule has 5 heteroatoms. The van der Waals surface area contributed by atoms with Crippen LogP contribution in [-0.4, -0.2) is 37.0 Å². The Kier molecular flexibility index (Phi) is 6.97. The largest absolute Gasteiger partial charge is 0.497 e. The fourth-order valence-corrected chi connectivity index (χ4v) is 2.34. The Morgan fingerprint density at radius 1 is 1.00 bits per heavy atom.